The number of hydrogen-bond donors (Lipinski definition) is 1. The molecule has 0 atom stereocenters. The first-order chi connectivity index (χ1) is 8.72. The molecule has 1 aromatic rings. The second-order valence-electron chi connectivity index (χ2n) is 4.86. The Morgan fingerprint density at radius 2 is 2.11 bits per heavy atom. The number of nitrogens with two attached hydrogens (primary N) is 1. The van der Waals surface area contributed by atoms with E-state index in [0.29, 0.717) is 5.82 Å². The molecule has 1 aromatic heterocycles. The van der Waals surface area contributed by atoms with Crippen LogP contribution in [0.5, 0.6) is 0 Å². The Morgan fingerprint density at radius 3 is 2.72 bits per heavy atom. The lowest BCUT2D eigenvalue weighted by atomic mass is 9.92. The second kappa shape index (κ2) is 6.27. The zero-order valence-corrected chi connectivity index (χ0v) is 12.0. The van der Waals surface area contributed by atoms with Gasteiger partial charge < -0.3 is 10.6 Å². The summed E-state index contributed by atoms with van der Waals surface area (Å²) >= 11 is 1.54. The quantitative estimate of drug-likeness (QED) is 0.671. The fourth-order valence-corrected chi connectivity index (χ4v) is 2.92. The molecule has 18 heavy (non-hydrogen) atoms. The van der Waals surface area contributed by atoms with Crippen LogP contribution in [0.4, 0.5) is 11.6 Å². The van der Waals surface area contributed by atoms with Crippen molar-refractivity contribution in [2.75, 3.05) is 30.0 Å². The van der Waals surface area contributed by atoms with Crippen molar-refractivity contribution in [2.45, 2.75) is 37.8 Å². The Morgan fingerprint density at radius 1 is 1.39 bits per heavy atom. The Kier molecular flexibility index (Phi) is 4.69. The maximum Gasteiger partial charge on any atom is 0.191 e. The summed E-state index contributed by atoms with van der Waals surface area (Å²) in [5, 5.41) is 0.765. The predicted octanol–water partition coefficient (Wildman–Crippen LogP) is 2.80. The molecule has 1 aliphatic rings. The molecule has 0 aromatic carbocycles. The first-order valence-corrected chi connectivity index (χ1v) is 7.89. The predicted molar refractivity (Wildman–Crippen MR) is 78.1 cm³/mol. The lowest BCUT2D eigenvalue weighted by Gasteiger charge is -2.32. The van der Waals surface area contributed by atoms with E-state index in [2.05, 4.69) is 21.8 Å². The van der Waals surface area contributed by atoms with E-state index in [9.17, 15) is 0 Å². The van der Waals surface area contributed by atoms with Gasteiger partial charge in [0.2, 0.25) is 0 Å². The Balaban J connectivity index is 2.02. The summed E-state index contributed by atoms with van der Waals surface area (Å²) in [4.78, 5) is 11.1. The minimum Gasteiger partial charge on any atom is -0.383 e. The van der Waals surface area contributed by atoms with Gasteiger partial charge in [-0.25, -0.2) is 9.97 Å². The number of thioether (sulfide) groups is 1. The van der Waals surface area contributed by atoms with E-state index in [-0.39, 0.29) is 0 Å². The normalized spacial score (nSPS) is 17.1. The van der Waals surface area contributed by atoms with Crippen LogP contribution in [-0.4, -0.2) is 29.3 Å². The van der Waals surface area contributed by atoms with Crippen molar-refractivity contribution >= 4 is 23.4 Å². The summed E-state index contributed by atoms with van der Waals surface area (Å²) in [6.45, 7) is 4.45. The maximum absolute atomic E-state index is 5.83. The van der Waals surface area contributed by atoms with Gasteiger partial charge in [0, 0.05) is 19.2 Å². The average Bonchev–Trinajstić information content (AvgIpc) is 2.39. The van der Waals surface area contributed by atoms with Crippen molar-refractivity contribution in [2.24, 2.45) is 5.92 Å². The van der Waals surface area contributed by atoms with Crippen LogP contribution in [-0.2, 0) is 0 Å². The molecule has 0 radical (unpaired) electrons. The fourth-order valence-electron chi connectivity index (χ4n) is 2.54. The number of hydrogen-bond acceptors (Lipinski definition) is 5. The van der Waals surface area contributed by atoms with E-state index in [1.54, 1.807) is 11.8 Å². The molecule has 1 aliphatic heterocycles. The molecule has 100 valence electrons. The van der Waals surface area contributed by atoms with Gasteiger partial charge in [-0.1, -0.05) is 31.5 Å². The number of nitrogens with zero attached hydrogens (tertiary/aromatic N) is 3. The second-order valence-corrected chi connectivity index (χ2v) is 5.63. The Hall–Kier alpha value is -0.970. The molecule has 1 saturated heterocycles. The van der Waals surface area contributed by atoms with Gasteiger partial charge in [0.05, 0.1) is 0 Å². The molecular formula is C13H22N4S. The van der Waals surface area contributed by atoms with Gasteiger partial charge in [-0.2, -0.15) is 0 Å². The number of anilines is 2. The van der Waals surface area contributed by atoms with Gasteiger partial charge >= 0.3 is 0 Å². The van der Waals surface area contributed by atoms with E-state index in [4.69, 9.17) is 5.73 Å². The van der Waals surface area contributed by atoms with Crippen molar-refractivity contribution in [3.63, 3.8) is 0 Å². The Bertz CT molecular complexity index is 389. The van der Waals surface area contributed by atoms with Gasteiger partial charge in [0.15, 0.2) is 5.16 Å². The molecule has 2 heterocycles. The fraction of sp³-hybridized carbons (Fsp3) is 0.692. The van der Waals surface area contributed by atoms with Gasteiger partial charge in [0.1, 0.15) is 11.6 Å². The lowest BCUT2D eigenvalue weighted by molar-refractivity contribution is 0.377. The van der Waals surface area contributed by atoms with Crippen molar-refractivity contribution in [1.82, 2.24) is 9.97 Å². The molecule has 0 unspecified atom stereocenters. The molecule has 0 amide bonds. The van der Waals surface area contributed by atoms with Crippen molar-refractivity contribution in [1.29, 1.82) is 0 Å². The smallest absolute Gasteiger partial charge is 0.191 e. The largest absolute Gasteiger partial charge is 0.383 e. The van der Waals surface area contributed by atoms with Crippen LogP contribution >= 0.6 is 11.8 Å². The monoisotopic (exact) mass is 266 g/mol. The lowest BCUT2D eigenvalue weighted by Crippen LogP contribution is -2.34. The summed E-state index contributed by atoms with van der Waals surface area (Å²) in [5.74, 6) is 2.45. The van der Waals surface area contributed by atoms with Crippen LogP contribution in [0, 0.1) is 5.92 Å². The SMILES string of the molecule is CCCC1CCN(c2cc(N)nc(SC)n2)CC1. The summed E-state index contributed by atoms with van der Waals surface area (Å²) in [6.07, 6.45) is 7.17. The van der Waals surface area contributed by atoms with E-state index >= 15 is 0 Å². The highest BCUT2D eigenvalue weighted by Gasteiger charge is 2.20. The van der Waals surface area contributed by atoms with Crippen molar-refractivity contribution in [3.05, 3.63) is 6.07 Å². The van der Waals surface area contributed by atoms with E-state index in [1.807, 2.05) is 12.3 Å². The van der Waals surface area contributed by atoms with E-state index in [1.165, 1.54) is 25.7 Å². The first kappa shape index (κ1) is 13.5. The standard InChI is InChI=1S/C13H22N4S/c1-3-4-10-5-7-17(8-6-10)12-9-11(14)15-13(16-12)18-2/h9-10H,3-8H2,1-2H3,(H2,14,15,16). The first-order valence-electron chi connectivity index (χ1n) is 6.66. The number of nitrogen functional groups attached to an aromatic ring is 1. The number of piperidine rings is 1. The average molecular weight is 266 g/mol. The highest BCUT2D eigenvalue weighted by Crippen LogP contribution is 2.26. The topological polar surface area (TPSA) is 55.0 Å². The van der Waals surface area contributed by atoms with Gasteiger partial charge in [-0.3, -0.25) is 0 Å². The highest BCUT2D eigenvalue weighted by molar-refractivity contribution is 7.98. The third-order valence-electron chi connectivity index (χ3n) is 3.53. The van der Waals surface area contributed by atoms with Crippen molar-refractivity contribution in [3.8, 4) is 0 Å². The van der Waals surface area contributed by atoms with E-state index < -0.39 is 0 Å². The molecule has 2 rings (SSSR count). The van der Waals surface area contributed by atoms with Crippen LogP contribution in [0.2, 0.25) is 0 Å². The molecule has 1 fully saturated rings. The molecule has 5 heteroatoms. The Labute approximate surface area is 113 Å². The summed E-state index contributed by atoms with van der Waals surface area (Å²) in [6, 6.07) is 1.89. The maximum atomic E-state index is 5.83. The van der Waals surface area contributed by atoms with Crippen LogP contribution < -0.4 is 10.6 Å². The zero-order chi connectivity index (χ0) is 13.0. The third-order valence-corrected chi connectivity index (χ3v) is 4.08. The molecule has 4 nitrogen and oxygen atoms in total. The van der Waals surface area contributed by atoms with E-state index in [0.717, 1.165) is 30.0 Å². The van der Waals surface area contributed by atoms with Crippen LogP contribution in [0.25, 0.3) is 0 Å². The zero-order valence-electron chi connectivity index (χ0n) is 11.2. The molecule has 2 N–H and O–H groups in total. The summed E-state index contributed by atoms with van der Waals surface area (Å²) < 4.78 is 0. The van der Waals surface area contributed by atoms with Crippen molar-refractivity contribution < 1.29 is 0 Å². The van der Waals surface area contributed by atoms with Crippen LogP contribution in [0.3, 0.4) is 0 Å². The van der Waals surface area contributed by atoms with Crippen LogP contribution in [0.1, 0.15) is 32.6 Å². The molecule has 0 bridgehead atoms. The highest BCUT2D eigenvalue weighted by atomic mass is 32.2. The molecule has 0 saturated carbocycles. The molecule has 0 spiro atoms. The van der Waals surface area contributed by atoms with Gasteiger partial charge in [0.25, 0.3) is 0 Å². The third kappa shape index (κ3) is 3.28. The molecular weight excluding hydrogens is 244 g/mol. The minimum absolute atomic E-state index is 0.569. The number of aromatic nitrogens is 2. The summed E-state index contributed by atoms with van der Waals surface area (Å²) in [7, 11) is 0. The summed E-state index contributed by atoms with van der Waals surface area (Å²) in [5.41, 5.74) is 5.83. The van der Waals surface area contributed by atoms with Gasteiger partial charge in [-0.15, -0.1) is 0 Å². The van der Waals surface area contributed by atoms with Crippen LogP contribution in [0.15, 0.2) is 11.2 Å². The number of rotatable bonds is 4. The minimum atomic E-state index is 0.569. The van der Waals surface area contributed by atoms with Gasteiger partial charge in [-0.05, 0) is 25.0 Å². The molecule has 0 aliphatic carbocycles.